The van der Waals surface area contributed by atoms with Crippen molar-refractivity contribution in [3.8, 4) is 0 Å². The van der Waals surface area contributed by atoms with E-state index in [1.54, 1.807) is 18.2 Å². The first-order valence-electron chi connectivity index (χ1n) is 4.63. The highest BCUT2D eigenvalue weighted by atomic mass is 16.3. The van der Waals surface area contributed by atoms with Gasteiger partial charge in [-0.05, 0) is 6.92 Å². The van der Waals surface area contributed by atoms with E-state index in [1.165, 1.54) is 0 Å². The maximum atomic E-state index is 5.50. The van der Waals surface area contributed by atoms with Gasteiger partial charge in [0.15, 0.2) is 0 Å². The molecule has 0 fully saturated rings. The van der Waals surface area contributed by atoms with Crippen LogP contribution >= 0.6 is 0 Å². The van der Waals surface area contributed by atoms with E-state index in [9.17, 15) is 0 Å². The highest BCUT2D eigenvalue weighted by Crippen LogP contribution is 2.25. The van der Waals surface area contributed by atoms with Gasteiger partial charge in [0.1, 0.15) is 5.76 Å². The van der Waals surface area contributed by atoms with E-state index in [1.807, 2.05) is 13.0 Å². The van der Waals surface area contributed by atoms with Crippen LogP contribution in [0.15, 0.2) is 16.7 Å². The summed E-state index contributed by atoms with van der Waals surface area (Å²) in [6, 6.07) is 1.81. The molecule has 0 atom stereocenters. The maximum absolute atomic E-state index is 5.50. The Balaban J connectivity index is 2.41. The summed E-state index contributed by atoms with van der Waals surface area (Å²) < 4.78 is 5.19. The number of nitrogens with zero attached hydrogens (tertiary/aromatic N) is 4. The van der Waals surface area contributed by atoms with Crippen molar-refractivity contribution >= 4 is 23.5 Å². The Bertz CT molecular complexity index is 488. The quantitative estimate of drug-likeness (QED) is 0.767. The fourth-order valence-corrected chi connectivity index (χ4v) is 1.38. The first-order valence-corrected chi connectivity index (χ1v) is 4.63. The summed E-state index contributed by atoms with van der Waals surface area (Å²) in [4.78, 5) is 13.4. The van der Waals surface area contributed by atoms with Gasteiger partial charge in [-0.2, -0.15) is 15.0 Å². The van der Waals surface area contributed by atoms with Gasteiger partial charge in [-0.3, -0.25) is 0 Å². The van der Waals surface area contributed by atoms with Crippen LogP contribution in [-0.2, 0) is 0 Å². The molecule has 0 aromatic carbocycles. The number of anilines is 4. The minimum Gasteiger partial charge on any atom is -0.467 e. The number of nitrogen functional groups attached to an aromatic ring is 2. The average Bonchev–Trinajstić information content (AvgIpc) is 2.62. The minimum absolute atomic E-state index is 0.0931. The van der Waals surface area contributed by atoms with Crippen molar-refractivity contribution in [3.63, 3.8) is 0 Å². The molecule has 7 heteroatoms. The van der Waals surface area contributed by atoms with E-state index in [2.05, 4.69) is 15.0 Å². The highest BCUT2D eigenvalue weighted by Gasteiger charge is 2.13. The molecule has 0 saturated carbocycles. The molecule has 0 amide bonds. The van der Waals surface area contributed by atoms with Crippen LogP contribution in [0.3, 0.4) is 0 Å². The predicted octanol–water partition coefficient (Wildman–Crippen LogP) is 0.705. The monoisotopic (exact) mass is 220 g/mol. The minimum atomic E-state index is 0.0931. The molecular weight excluding hydrogens is 208 g/mol. The van der Waals surface area contributed by atoms with Crippen molar-refractivity contribution in [3.05, 3.63) is 18.1 Å². The maximum Gasteiger partial charge on any atom is 0.236 e. The number of hydrogen-bond donors (Lipinski definition) is 2. The molecule has 0 spiro atoms. The smallest absolute Gasteiger partial charge is 0.236 e. The molecule has 2 aromatic heterocycles. The first-order chi connectivity index (χ1) is 7.58. The van der Waals surface area contributed by atoms with Crippen molar-refractivity contribution in [1.29, 1.82) is 0 Å². The lowest BCUT2D eigenvalue weighted by Gasteiger charge is -2.15. The zero-order valence-electron chi connectivity index (χ0n) is 9.01. The standard InChI is InChI=1S/C9H12N6O/c1-5-6(3-4-16-5)15(2)9-13-7(10)12-8(11)14-9/h3-4H,1-2H3,(H4,10,11,12,13,14). The SMILES string of the molecule is Cc1occc1N(C)c1nc(N)nc(N)n1. The molecule has 0 aliphatic rings. The normalized spacial score (nSPS) is 10.4. The Kier molecular flexibility index (Phi) is 2.35. The van der Waals surface area contributed by atoms with E-state index in [-0.39, 0.29) is 11.9 Å². The molecule has 16 heavy (non-hydrogen) atoms. The molecule has 0 aliphatic heterocycles. The van der Waals surface area contributed by atoms with Crippen LogP contribution in [0.4, 0.5) is 23.5 Å². The van der Waals surface area contributed by atoms with Gasteiger partial charge >= 0.3 is 0 Å². The van der Waals surface area contributed by atoms with Crippen molar-refractivity contribution in [2.24, 2.45) is 0 Å². The lowest BCUT2D eigenvalue weighted by molar-refractivity contribution is 0.534. The third-order valence-corrected chi connectivity index (χ3v) is 2.15. The molecule has 0 bridgehead atoms. The van der Waals surface area contributed by atoms with Crippen LogP contribution in [-0.4, -0.2) is 22.0 Å². The second kappa shape index (κ2) is 3.69. The molecule has 0 saturated heterocycles. The summed E-state index contributed by atoms with van der Waals surface area (Å²) in [6.07, 6.45) is 1.59. The first kappa shape index (κ1) is 10.2. The van der Waals surface area contributed by atoms with Crippen LogP contribution in [0, 0.1) is 6.92 Å². The summed E-state index contributed by atoms with van der Waals surface area (Å²) in [7, 11) is 1.80. The molecule has 7 nitrogen and oxygen atoms in total. The fourth-order valence-electron chi connectivity index (χ4n) is 1.38. The molecule has 2 aromatic rings. The number of hydrogen-bond acceptors (Lipinski definition) is 7. The van der Waals surface area contributed by atoms with E-state index in [0.29, 0.717) is 5.95 Å². The van der Waals surface area contributed by atoms with Crippen molar-refractivity contribution in [2.75, 3.05) is 23.4 Å². The molecule has 84 valence electrons. The number of aryl methyl sites for hydroxylation is 1. The molecular formula is C9H12N6O. The molecule has 2 rings (SSSR count). The zero-order chi connectivity index (χ0) is 11.7. The van der Waals surface area contributed by atoms with Gasteiger partial charge in [-0.1, -0.05) is 0 Å². The molecule has 2 heterocycles. The van der Waals surface area contributed by atoms with Gasteiger partial charge in [0.2, 0.25) is 17.8 Å². The van der Waals surface area contributed by atoms with Gasteiger partial charge in [0.05, 0.1) is 12.0 Å². The second-order valence-corrected chi connectivity index (χ2v) is 3.27. The number of rotatable bonds is 2. The summed E-state index contributed by atoms with van der Waals surface area (Å²) in [5.41, 5.74) is 11.8. The Hall–Kier alpha value is -2.31. The van der Waals surface area contributed by atoms with Gasteiger partial charge < -0.3 is 20.8 Å². The van der Waals surface area contributed by atoms with Crippen LogP contribution < -0.4 is 16.4 Å². The summed E-state index contributed by atoms with van der Waals surface area (Å²) in [5.74, 6) is 1.33. The molecule has 4 N–H and O–H groups in total. The largest absolute Gasteiger partial charge is 0.467 e. The van der Waals surface area contributed by atoms with E-state index < -0.39 is 0 Å². The van der Waals surface area contributed by atoms with Gasteiger partial charge in [0, 0.05) is 13.1 Å². The van der Waals surface area contributed by atoms with Gasteiger partial charge in [-0.25, -0.2) is 0 Å². The van der Waals surface area contributed by atoms with Crippen molar-refractivity contribution < 1.29 is 4.42 Å². The molecule has 0 aliphatic carbocycles. The Morgan fingerprint density at radius 2 is 1.81 bits per heavy atom. The van der Waals surface area contributed by atoms with Crippen LogP contribution in [0.25, 0.3) is 0 Å². The molecule has 0 unspecified atom stereocenters. The van der Waals surface area contributed by atoms with Crippen LogP contribution in [0.2, 0.25) is 0 Å². The Morgan fingerprint density at radius 1 is 1.19 bits per heavy atom. The lowest BCUT2D eigenvalue weighted by atomic mass is 10.4. The van der Waals surface area contributed by atoms with E-state index >= 15 is 0 Å². The van der Waals surface area contributed by atoms with Gasteiger partial charge in [0.25, 0.3) is 0 Å². The van der Waals surface area contributed by atoms with Crippen LogP contribution in [0.5, 0.6) is 0 Å². The number of aromatic nitrogens is 3. The topological polar surface area (TPSA) is 107 Å². The van der Waals surface area contributed by atoms with Crippen LogP contribution in [0.1, 0.15) is 5.76 Å². The van der Waals surface area contributed by atoms with Crippen molar-refractivity contribution in [1.82, 2.24) is 15.0 Å². The zero-order valence-corrected chi connectivity index (χ0v) is 9.01. The third kappa shape index (κ3) is 1.74. The number of furan rings is 1. The number of nitrogens with two attached hydrogens (primary N) is 2. The lowest BCUT2D eigenvalue weighted by Crippen LogP contribution is -2.16. The summed E-state index contributed by atoms with van der Waals surface area (Å²) >= 11 is 0. The van der Waals surface area contributed by atoms with Gasteiger partial charge in [-0.15, -0.1) is 0 Å². The fraction of sp³-hybridized carbons (Fsp3) is 0.222. The van der Waals surface area contributed by atoms with E-state index in [0.717, 1.165) is 11.4 Å². The predicted molar refractivity (Wildman–Crippen MR) is 60.2 cm³/mol. The average molecular weight is 220 g/mol. The van der Waals surface area contributed by atoms with Crippen molar-refractivity contribution in [2.45, 2.75) is 6.92 Å². The highest BCUT2D eigenvalue weighted by molar-refractivity contribution is 5.59. The second-order valence-electron chi connectivity index (χ2n) is 3.27. The molecule has 0 radical (unpaired) electrons. The third-order valence-electron chi connectivity index (χ3n) is 2.15. The summed E-state index contributed by atoms with van der Waals surface area (Å²) in [5, 5.41) is 0. The Morgan fingerprint density at radius 3 is 2.31 bits per heavy atom. The van der Waals surface area contributed by atoms with E-state index in [4.69, 9.17) is 15.9 Å². The Labute approximate surface area is 92.1 Å². The summed E-state index contributed by atoms with van der Waals surface area (Å²) in [6.45, 7) is 1.85.